The number of rotatable bonds is 1. The number of benzene rings is 1. The molecule has 0 atom stereocenters. The van der Waals surface area contributed by atoms with Crippen molar-refractivity contribution in [1.82, 2.24) is 9.97 Å². The van der Waals surface area contributed by atoms with Crippen LogP contribution in [0, 0.1) is 0 Å². The van der Waals surface area contributed by atoms with E-state index in [1.165, 1.54) is 0 Å². The summed E-state index contributed by atoms with van der Waals surface area (Å²) >= 11 is 5.90. The molecule has 0 saturated heterocycles. The van der Waals surface area contributed by atoms with Crippen molar-refractivity contribution >= 4 is 34.7 Å². The summed E-state index contributed by atoms with van der Waals surface area (Å²) < 4.78 is 0. The topological polar surface area (TPSA) is 68.9 Å². The molecule has 0 radical (unpaired) electrons. The molecule has 1 aromatic heterocycles. The van der Waals surface area contributed by atoms with Crippen LogP contribution in [-0.4, -0.2) is 16.3 Å². The summed E-state index contributed by atoms with van der Waals surface area (Å²) in [5, 5.41) is 1.07. The second kappa shape index (κ2) is 3.23. The highest BCUT2D eigenvalue weighted by molar-refractivity contribution is 6.35. The van der Waals surface area contributed by atoms with Gasteiger partial charge in [0.15, 0.2) is 6.29 Å². The third-order valence-corrected chi connectivity index (χ3v) is 2.14. The van der Waals surface area contributed by atoms with E-state index in [1.54, 1.807) is 18.2 Å². The van der Waals surface area contributed by atoms with Gasteiger partial charge in [-0.05, 0) is 6.07 Å². The summed E-state index contributed by atoms with van der Waals surface area (Å²) in [5.41, 5.74) is 6.19. The predicted octanol–water partition coefficient (Wildman–Crippen LogP) is 1.68. The van der Waals surface area contributed by atoms with Crippen molar-refractivity contribution in [3.63, 3.8) is 0 Å². The fourth-order valence-corrected chi connectivity index (χ4v) is 1.47. The summed E-state index contributed by atoms with van der Waals surface area (Å²) in [6, 6.07) is 5.15. The summed E-state index contributed by atoms with van der Waals surface area (Å²) in [7, 11) is 0. The molecule has 0 fully saturated rings. The van der Waals surface area contributed by atoms with Crippen LogP contribution in [0.25, 0.3) is 10.9 Å². The Morgan fingerprint density at radius 1 is 1.36 bits per heavy atom. The van der Waals surface area contributed by atoms with Crippen molar-refractivity contribution in [3.05, 3.63) is 28.9 Å². The third kappa shape index (κ3) is 1.29. The van der Waals surface area contributed by atoms with Crippen molar-refractivity contribution in [2.24, 2.45) is 0 Å². The average Bonchev–Trinajstić information content (AvgIpc) is 2.18. The number of aromatic nitrogens is 2. The number of nitrogens with zero attached hydrogens (tertiary/aromatic N) is 2. The van der Waals surface area contributed by atoms with Gasteiger partial charge in [-0.2, -0.15) is 0 Å². The SMILES string of the molecule is Nc1nc(C=O)c2cccc(Cl)c2n1. The van der Waals surface area contributed by atoms with E-state index in [4.69, 9.17) is 17.3 Å². The van der Waals surface area contributed by atoms with Gasteiger partial charge in [0.25, 0.3) is 0 Å². The Kier molecular flexibility index (Phi) is 2.05. The summed E-state index contributed by atoms with van der Waals surface area (Å²) in [5.74, 6) is 0.0488. The Morgan fingerprint density at radius 3 is 2.86 bits per heavy atom. The van der Waals surface area contributed by atoms with Crippen molar-refractivity contribution in [2.75, 3.05) is 5.73 Å². The summed E-state index contributed by atoms with van der Waals surface area (Å²) in [4.78, 5) is 18.5. The fourth-order valence-electron chi connectivity index (χ4n) is 1.25. The van der Waals surface area contributed by atoms with E-state index in [9.17, 15) is 4.79 Å². The van der Waals surface area contributed by atoms with Gasteiger partial charge < -0.3 is 5.73 Å². The molecular weight excluding hydrogens is 202 g/mol. The Balaban J connectivity index is 2.94. The lowest BCUT2D eigenvalue weighted by Gasteiger charge is -2.02. The molecule has 2 N–H and O–H groups in total. The molecule has 1 heterocycles. The number of anilines is 1. The van der Waals surface area contributed by atoms with Gasteiger partial charge in [0, 0.05) is 5.39 Å². The minimum absolute atomic E-state index is 0.0488. The van der Waals surface area contributed by atoms with E-state index in [2.05, 4.69) is 9.97 Å². The number of halogens is 1. The molecule has 2 rings (SSSR count). The minimum Gasteiger partial charge on any atom is -0.368 e. The van der Waals surface area contributed by atoms with Gasteiger partial charge in [0.1, 0.15) is 5.69 Å². The quantitative estimate of drug-likeness (QED) is 0.723. The number of para-hydroxylation sites is 1. The van der Waals surface area contributed by atoms with Gasteiger partial charge in [-0.15, -0.1) is 0 Å². The van der Waals surface area contributed by atoms with Crippen LogP contribution in [0.15, 0.2) is 18.2 Å². The zero-order valence-corrected chi connectivity index (χ0v) is 7.82. The highest BCUT2D eigenvalue weighted by atomic mass is 35.5. The number of hydrogen-bond donors (Lipinski definition) is 1. The second-order valence-electron chi connectivity index (χ2n) is 2.72. The number of aldehydes is 1. The lowest BCUT2D eigenvalue weighted by molar-refractivity contribution is 0.112. The Labute approximate surface area is 84.7 Å². The van der Waals surface area contributed by atoms with Crippen LogP contribution in [0.3, 0.4) is 0 Å². The molecule has 0 bridgehead atoms. The number of carbonyl (C=O) groups excluding carboxylic acids is 1. The van der Waals surface area contributed by atoms with Crippen LogP contribution < -0.4 is 5.73 Å². The van der Waals surface area contributed by atoms with Crippen molar-refractivity contribution < 1.29 is 4.79 Å². The number of fused-ring (bicyclic) bond motifs is 1. The van der Waals surface area contributed by atoms with E-state index < -0.39 is 0 Å². The van der Waals surface area contributed by atoms with Gasteiger partial charge in [-0.1, -0.05) is 23.7 Å². The van der Waals surface area contributed by atoms with Crippen LogP contribution in [0.2, 0.25) is 5.02 Å². The molecule has 0 saturated carbocycles. The molecule has 0 spiro atoms. The lowest BCUT2D eigenvalue weighted by atomic mass is 10.2. The second-order valence-corrected chi connectivity index (χ2v) is 3.13. The van der Waals surface area contributed by atoms with Gasteiger partial charge in [0.2, 0.25) is 5.95 Å². The molecule has 2 aromatic rings. The van der Waals surface area contributed by atoms with Crippen molar-refractivity contribution in [1.29, 1.82) is 0 Å². The maximum atomic E-state index is 10.7. The first kappa shape index (κ1) is 8.90. The Bertz CT molecular complexity index is 513. The maximum Gasteiger partial charge on any atom is 0.221 e. The molecule has 0 unspecified atom stereocenters. The van der Waals surface area contributed by atoms with E-state index in [0.717, 1.165) is 0 Å². The van der Waals surface area contributed by atoms with Gasteiger partial charge in [-0.3, -0.25) is 4.79 Å². The van der Waals surface area contributed by atoms with Crippen molar-refractivity contribution in [3.8, 4) is 0 Å². The molecule has 0 aliphatic heterocycles. The molecule has 0 aliphatic rings. The predicted molar refractivity (Wildman–Crippen MR) is 54.3 cm³/mol. The largest absolute Gasteiger partial charge is 0.368 e. The van der Waals surface area contributed by atoms with E-state index in [1.807, 2.05) is 0 Å². The van der Waals surface area contributed by atoms with Gasteiger partial charge >= 0.3 is 0 Å². The van der Waals surface area contributed by atoms with Crippen LogP contribution in [0.1, 0.15) is 10.5 Å². The lowest BCUT2D eigenvalue weighted by Crippen LogP contribution is -2.00. The molecule has 14 heavy (non-hydrogen) atoms. The van der Waals surface area contributed by atoms with Gasteiger partial charge in [0.05, 0.1) is 10.5 Å². The molecule has 0 aliphatic carbocycles. The zero-order valence-electron chi connectivity index (χ0n) is 7.07. The average molecular weight is 208 g/mol. The molecule has 5 heteroatoms. The van der Waals surface area contributed by atoms with Crippen LogP contribution in [0.5, 0.6) is 0 Å². The third-order valence-electron chi connectivity index (χ3n) is 1.84. The van der Waals surface area contributed by atoms with Crippen molar-refractivity contribution in [2.45, 2.75) is 0 Å². The van der Waals surface area contributed by atoms with Crippen LogP contribution in [-0.2, 0) is 0 Å². The zero-order chi connectivity index (χ0) is 10.1. The molecule has 4 nitrogen and oxygen atoms in total. The Morgan fingerprint density at radius 2 is 2.14 bits per heavy atom. The number of carbonyl (C=O) groups is 1. The summed E-state index contributed by atoms with van der Waals surface area (Å²) in [6.07, 6.45) is 0.636. The first-order chi connectivity index (χ1) is 6.72. The van der Waals surface area contributed by atoms with E-state index in [-0.39, 0.29) is 11.6 Å². The summed E-state index contributed by atoms with van der Waals surface area (Å²) in [6.45, 7) is 0. The Hall–Kier alpha value is -1.68. The normalized spacial score (nSPS) is 10.4. The van der Waals surface area contributed by atoms with Gasteiger partial charge in [-0.25, -0.2) is 9.97 Å². The smallest absolute Gasteiger partial charge is 0.221 e. The number of hydrogen-bond acceptors (Lipinski definition) is 4. The monoisotopic (exact) mass is 207 g/mol. The van der Waals surface area contributed by atoms with E-state index >= 15 is 0 Å². The van der Waals surface area contributed by atoms with Crippen LogP contribution >= 0.6 is 11.6 Å². The first-order valence-corrected chi connectivity index (χ1v) is 4.27. The highest BCUT2D eigenvalue weighted by Crippen LogP contribution is 2.23. The van der Waals surface area contributed by atoms with Crippen LogP contribution in [0.4, 0.5) is 5.95 Å². The highest BCUT2D eigenvalue weighted by Gasteiger charge is 2.07. The van der Waals surface area contributed by atoms with E-state index in [0.29, 0.717) is 22.2 Å². The molecule has 1 aromatic carbocycles. The maximum absolute atomic E-state index is 10.7. The number of nitrogens with two attached hydrogens (primary N) is 1. The first-order valence-electron chi connectivity index (χ1n) is 3.89. The standard InChI is InChI=1S/C9H6ClN3O/c10-6-3-1-2-5-7(4-14)12-9(11)13-8(5)6/h1-4H,(H2,11,12,13). The molecule has 70 valence electrons. The molecular formula is C9H6ClN3O. The fraction of sp³-hybridized carbons (Fsp3) is 0. The number of nitrogen functional groups attached to an aromatic ring is 1. The minimum atomic E-state index is 0.0488. The molecule has 0 amide bonds.